The van der Waals surface area contributed by atoms with E-state index in [2.05, 4.69) is 29.2 Å². The third kappa shape index (κ3) is 3.31. The SMILES string of the molecule is COc1c(O[C@H]2CCC[C@@H](N(C)C)C2)ccc2[nH]ncc12.Cl. The molecule has 0 unspecified atom stereocenters. The average molecular weight is 326 g/mol. The Morgan fingerprint density at radius 2 is 2.09 bits per heavy atom. The van der Waals surface area contributed by atoms with Crippen LogP contribution in [0.5, 0.6) is 11.5 Å². The Morgan fingerprint density at radius 1 is 1.27 bits per heavy atom. The lowest BCUT2D eigenvalue weighted by Gasteiger charge is -2.33. The van der Waals surface area contributed by atoms with Gasteiger partial charge in [0.25, 0.3) is 0 Å². The van der Waals surface area contributed by atoms with Crippen LogP contribution in [0.2, 0.25) is 0 Å². The van der Waals surface area contributed by atoms with Gasteiger partial charge in [-0.25, -0.2) is 0 Å². The number of hydrogen-bond acceptors (Lipinski definition) is 4. The molecule has 1 aromatic heterocycles. The second kappa shape index (κ2) is 7.20. The predicted molar refractivity (Wildman–Crippen MR) is 90.3 cm³/mol. The molecule has 1 heterocycles. The molecule has 122 valence electrons. The number of fused-ring (bicyclic) bond motifs is 1. The Balaban J connectivity index is 0.00000176. The first kappa shape index (κ1) is 16.9. The van der Waals surface area contributed by atoms with E-state index >= 15 is 0 Å². The van der Waals surface area contributed by atoms with Crippen LogP contribution in [0, 0.1) is 0 Å². The normalized spacial score (nSPS) is 21.6. The van der Waals surface area contributed by atoms with Crippen LogP contribution in [-0.4, -0.2) is 48.4 Å². The smallest absolute Gasteiger partial charge is 0.171 e. The molecule has 5 nitrogen and oxygen atoms in total. The first-order chi connectivity index (χ1) is 10.2. The Hall–Kier alpha value is -1.46. The number of nitrogens with one attached hydrogen (secondary N) is 1. The zero-order valence-electron chi connectivity index (χ0n) is 13.3. The summed E-state index contributed by atoms with van der Waals surface area (Å²) in [7, 11) is 5.97. The minimum absolute atomic E-state index is 0. The van der Waals surface area contributed by atoms with E-state index in [1.54, 1.807) is 13.3 Å². The molecule has 2 atom stereocenters. The Bertz CT molecular complexity index is 614. The summed E-state index contributed by atoms with van der Waals surface area (Å²) in [6.07, 6.45) is 6.68. The second-order valence-electron chi connectivity index (χ2n) is 5.95. The van der Waals surface area contributed by atoms with Gasteiger partial charge in [0.05, 0.1) is 24.2 Å². The van der Waals surface area contributed by atoms with Gasteiger partial charge in [-0.3, -0.25) is 5.10 Å². The van der Waals surface area contributed by atoms with Crippen LogP contribution in [0.25, 0.3) is 10.9 Å². The van der Waals surface area contributed by atoms with Gasteiger partial charge in [0.2, 0.25) is 0 Å². The molecule has 0 amide bonds. The van der Waals surface area contributed by atoms with Gasteiger partial charge in [-0.2, -0.15) is 5.10 Å². The molecule has 0 spiro atoms. The first-order valence-electron chi connectivity index (χ1n) is 7.52. The number of methoxy groups -OCH3 is 1. The zero-order chi connectivity index (χ0) is 14.8. The van der Waals surface area contributed by atoms with E-state index in [9.17, 15) is 0 Å². The summed E-state index contributed by atoms with van der Waals surface area (Å²) in [6, 6.07) is 4.57. The number of H-pyrrole nitrogens is 1. The number of halogens is 1. The van der Waals surface area contributed by atoms with Crippen LogP contribution in [-0.2, 0) is 0 Å². The van der Waals surface area contributed by atoms with E-state index in [1.807, 2.05) is 12.1 Å². The van der Waals surface area contributed by atoms with E-state index in [0.717, 1.165) is 35.2 Å². The molecule has 0 bridgehead atoms. The number of nitrogens with zero attached hydrogens (tertiary/aromatic N) is 2. The van der Waals surface area contributed by atoms with Crippen molar-refractivity contribution < 1.29 is 9.47 Å². The number of ether oxygens (including phenoxy) is 2. The van der Waals surface area contributed by atoms with Crippen LogP contribution >= 0.6 is 12.4 Å². The molecular weight excluding hydrogens is 302 g/mol. The van der Waals surface area contributed by atoms with Gasteiger partial charge in [0.15, 0.2) is 11.5 Å². The number of aromatic nitrogens is 2. The van der Waals surface area contributed by atoms with Crippen molar-refractivity contribution >= 4 is 23.3 Å². The van der Waals surface area contributed by atoms with E-state index in [1.165, 1.54) is 12.8 Å². The summed E-state index contributed by atoms with van der Waals surface area (Å²) >= 11 is 0. The molecule has 2 aromatic rings. The maximum absolute atomic E-state index is 6.24. The highest BCUT2D eigenvalue weighted by atomic mass is 35.5. The van der Waals surface area contributed by atoms with Gasteiger partial charge in [-0.1, -0.05) is 0 Å². The molecule has 1 aromatic carbocycles. The Kier molecular flexibility index (Phi) is 5.53. The maximum atomic E-state index is 6.24. The van der Waals surface area contributed by atoms with Gasteiger partial charge in [-0.05, 0) is 51.9 Å². The highest BCUT2D eigenvalue weighted by Gasteiger charge is 2.25. The molecule has 0 saturated heterocycles. The lowest BCUT2D eigenvalue weighted by atomic mass is 9.92. The molecule has 22 heavy (non-hydrogen) atoms. The van der Waals surface area contributed by atoms with E-state index in [0.29, 0.717) is 6.04 Å². The van der Waals surface area contributed by atoms with Gasteiger partial charge < -0.3 is 14.4 Å². The average Bonchev–Trinajstić information content (AvgIpc) is 2.96. The van der Waals surface area contributed by atoms with Gasteiger partial charge in [0.1, 0.15) is 6.10 Å². The summed E-state index contributed by atoms with van der Waals surface area (Å²) in [5.74, 6) is 1.59. The Labute approximate surface area is 137 Å². The summed E-state index contributed by atoms with van der Waals surface area (Å²) in [5.41, 5.74) is 0.967. The molecule has 3 rings (SSSR count). The van der Waals surface area contributed by atoms with Crippen molar-refractivity contribution in [3.05, 3.63) is 18.3 Å². The fourth-order valence-corrected chi connectivity index (χ4v) is 3.15. The largest absolute Gasteiger partial charge is 0.492 e. The van der Waals surface area contributed by atoms with Crippen molar-refractivity contribution in [3.63, 3.8) is 0 Å². The van der Waals surface area contributed by atoms with Crippen molar-refractivity contribution in [1.29, 1.82) is 0 Å². The van der Waals surface area contributed by atoms with Crippen molar-refractivity contribution in [2.75, 3.05) is 21.2 Å². The molecule has 1 aliphatic carbocycles. The van der Waals surface area contributed by atoms with Crippen molar-refractivity contribution in [2.45, 2.75) is 37.8 Å². The molecular formula is C16H24ClN3O2. The van der Waals surface area contributed by atoms with Gasteiger partial charge >= 0.3 is 0 Å². The van der Waals surface area contributed by atoms with Crippen LogP contribution < -0.4 is 9.47 Å². The summed E-state index contributed by atoms with van der Waals surface area (Å²) in [4.78, 5) is 2.30. The van der Waals surface area contributed by atoms with Crippen LogP contribution in [0.1, 0.15) is 25.7 Å². The molecule has 6 heteroatoms. The summed E-state index contributed by atoms with van der Waals surface area (Å²) in [6.45, 7) is 0. The summed E-state index contributed by atoms with van der Waals surface area (Å²) < 4.78 is 11.8. The first-order valence-corrected chi connectivity index (χ1v) is 7.52. The van der Waals surface area contributed by atoms with Crippen molar-refractivity contribution in [3.8, 4) is 11.5 Å². The number of benzene rings is 1. The standard InChI is InChI=1S/C16H23N3O2.ClH/c1-19(2)11-5-4-6-12(9-11)21-15-8-7-14-13(10-17-18-14)16(15)20-3;/h7-8,10-12H,4-6,9H2,1-3H3,(H,17,18);1H/t11-,12+;/m1./s1. The molecule has 0 radical (unpaired) electrons. The second-order valence-corrected chi connectivity index (χ2v) is 5.95. The van der Waals surface area contributed by atoms with Crippen molar-refractivity contribution in [2.24, 2.45) is 0 Å². The minimum Gasteiger partial charge on any atom is -0.492 e. The molecule has 1 saturated carbocycles. The fraction of sp³-hybridized carbons (Fsp3) is 0.562. The van der Waals surface area contributed by atoms with E-state index in [-0.39, 0.29) is 18.5 Å². The van der Waals surface area contributed by atoms with Crippen LogP contribution in [0.15, 0.2) is 18.3 Å². The predicted octanol–water partition coefficient (Wildman–Crippen LogP) is 3.24. The Morgan fingerprint density at radius 3 is 2.82 bits per heavy atom. The van der Waals surface area contributed by atoms with Crippen LogP contribution in [0.3, 0.4) is 0 Å². The van der Waals surface area contributed by atoms with E-state index in [4.69, 9.17) is 9.47 Å². The monoisotopic (exact) mass is 325 g/mol. The van der Waals surface area contributed by atoms with E-state index < -0.39 is 0 Å². The lowest BCUT2D eigenvalue weighted by molar-refractivity contribution is 0.0979. The van der Waals surface area contributed by atoms with Gasteiger partial charge in [-0.15, -0.1) is 12.4 Å². The maximum Gasteiger partial charge on any atom is 0.171 e. The van der Waals surface area contributed by atoms with Gasteiger partial charge in [0, 0.05) is 6.04 Å². The molecule has 1 aliphatic rings. The molecule has 0 aliphatic heterocycles. The highest BCUT2D eigenvalue weighted by molar-refractivity contribution is 5.87. The number of rotatable bonds is 4. The quantitative estimate of drug-likeness (QED) is 0.937. The number of hydrogen-bond donors (Lipinski definition) is 1. The topological polar surface area (TPSA) is 50.4 Å². The number of aromatic amines is 1. The fourth-order valence-electron chi connectivity index (χ4n) is 3.15. The third-order valence-electron chi connectivity index (χ3n) is 4.37. The molecule has 1 N–H and O–H groups in total. The lowest BCUT2D eigenvalue weighted by Crippen LogP contribution is -2.37. The molecule has 1 fully saturated rings. The minimum atomic E-state index is 0. The third-order valence-corrected chi connectivity index (χ3v) is 4.37. The van der Waals surface area contributed by atoms with Crippen molar-refractivity contribution in [1.82, 2.24) is 15.1 Å². The van der Waals surface area contributed by atoms with Crippen LogP contribution in [0.4, 0.5) is 0 Å². The summed E-state index contributed by atoms with van der Waals surface area (Å²) in [5, 5.41) is 7.99. The zero-order valence-corrected chi connectivity index (χ0v) is 14.2. The highest BCUT2D eigenvalue weighted by Crippen LogP contribution is 2.36.